The SMILES string of the molecule is Cn1cccc1C(=O)CSc1cccc(Cl)c1. The molecule has 17 heavy (non-hydrogen) atoms. The van der Waals surface area contributed by atoms with E-state index in [4.69, 9.17) is 11.6 Å². The molecule has 0 aliphatic heterocycles. The highest BCUT2D eigenvalue weighted by atomic mass is 35.5. The highest BCUT2D eigenvalue weighted by Gasteiger charge is 2.09. The van der Waals surface area contributed by atoms with Gasteiger partial charge >= 0.3 is 0 Å². The fourth-order valence-electron chi connectivity index (χ4n) is 1.53. The van der Waals surface area contributed by atoms with E-state index >= 15 is 0 Å². The summed E-state index contributed by atoms with van der Waals surface area (Å²) in [6.07, 6.45) is 1.87. The molecule has 0 N–H and O–H groups in total. The standard InChI is InChI=1S/C13H12ClNOS/c1-15-7-3-6-12(15)13(16)9-17-11-5-2-4-10(14)8-11/h2-8H,9H2,1H3. The first-order valence-electron chi connectivity index (χ1n) is 5.20. The Morgan fingerprint density at radius 3 is 2.82 bits per heavy atom. The van der Waals surface area contributed by atoms with Crippen molar-refractivity contribution in [3.63, 3.8) is 0 Å². The van der Waals surface area contributed by atoms with Crippen LogP contribution in [0.2, 0.25) is 5.02 Å². The third kappa shape index (κ3) is 3.14. The first kappa shape index (κ1) is 12.3. The number of carbonyl (C=O) groups excluding carboxylic acids is 1. The predicted molar refractivity (Wildman–Crippen MR) is 71.9 cm³/mol. The fraction of sp³-hybridized carbons (Fsp3) is 0.154. The van der Waals surface area contributed by atoms with Crippen LogP contribution in [0, 0.1) is 0 Å². The van der Waals surface area contributed by atoms with E-state index in [2.05, 4.69) is 0 Å². The van der Waals surface area contributed by atoms with Crippen LogP contribution in [0.4, 0.5) is 0 Å². The van der Waals surface area contributed by atoms with Gasteiger partial charge in [0.1, 0.15) is 0 Å². The molecular weight excluding hydrogens is 254 g/mol. The number of rotatable bonds is 4. The Labute approximate surface area is 110 Å². The average molecular weight is 266 g/mol. The molecule has 88 valence electrons. The van der Waals surface area contributed by atoms with Crippen molar-refractivity contribution in [2.45, 2.75) is 4.90 Å². The smallest absolute Gasteiger partial charge is 0.189 e. The second kappa shape index (κ2) is 5.43. The van der Waals surface area contributed by atoms with Crippen LogP contribution >= 0.6 is 23.4 Å². The Balaban J connectivity index is 1.99. The molecule has 0 atom stereocenters. The molecule has 0 aliphatic carbocycles. The zero-order chi connectivity index (χ0) is 12.3. The number of thioether (sulfide) groups is 1. The molecule has 1 heterocycles. The summed E-state index contributed by atoms with van der Waals surface area (Å²) in [4.78, 5) is 12.9. The maximum Gasteiger partial charge on any atom is 0.189 e. The van der Waals surface area contributed by atoms with Gasteiger partial charge in [0, 0.05) is 23.2 Å². The number of benzene rings is 1. The number of halogens is 1. The average Bonchev–Trinajstić information content (AvgIpc) is 2.72. The van der Waals surface area contributed by atoms with Crippen molar-refractivity contribution in [1.29, 1.82) is 0 Å². The molecule has 0 aliphatic rings. The van der Waals surface area contributed by atoms with Crippen molar-refractivity contribution >= 4 is 29.1 Å². The second-order valence-corrected chi connectivity index (χ2v) is 5.16. The quantitative estimate of drug-likeness (QED) is 0.622. The highest BCUT2D eigenvalue weighted by Crippen LogP contribution is 2.22. The Morgan fingerprint density at radius 2 is 2.18 bits per heavy atom. The van der Waals surface area contributed by atoms with Gasteiger partial charge in [0.15, 0.2) is 5.78 Å². The zero-order valence-electron chi connectivity index (χ0n) is 9.39. The first-order chi connectivity index (χ1) is 8.16. The summed E-state index contributed by atoms with van der Waals surface area (Å²) in [5.41, 5.74) is 0.736. The van der Waals surface area contributed by atoms with Gasteiger partial charge in [0.25, 0.3) is 0 Å². The first-order valence-corrected chi connectivity index (χ1v) is 6.56. The van der Waals surface area contributed by atoms with Crippen LogP contribution in [-0.4, -0.2) is 16.1 Å². The van der Waals surface area contributed by atoms with E-state index in [1.807, 2.05) is 54.2 Å². The minimum absolute atomic E-state index is 0.127. The summed E-state index contributed by atoms with van der Waals surface area (Å²) >= 11 is 7.38. The lowest BCUT2D eigenvalue weighted by Crippen LogP contribution is -2.07. The van der Waals surface area contributed by atoms with Crippen molar-refractivity contribution in [2.24, 2.45) is 7.05 Å². The number of carbonyl (C=O) groups is 1. The van der Waals surface area contributed by atoms with Crippen LogP contribution in [0.15, 0.2) is 47.5 Å². The Morgan fingerprint density at radius 1 is 1.35 bits per heavy atom. The maximum absolute atomic E-state index is 11.9. The predicted octanol–water partition coefficient (Wildman–Crippen LogP) is 3.65. The molecule has 2 rings (SSSR count). The van der Waals surface area contributed by atoms with Crippen molar-refractivity contribution in [3.8, 4) is 0 Å². The summed E-state index contributed by atoms with van der Waals surface area (Å²) in [6.45, 7) is 0. The normalized spacial score (nSPS) is 10.5. The molecular formula is C13H12ClNOS. The summed E-state index contributed by atoms with van der Waals surface area (Å²) in [5, 5.41) is 0.696. The number of nitrogens with zero attached hydrogens (tertiary/aromatic N) is 1. The molecule has 0 saturated carbocycles. The van der Waals surface area contributed by atoms with E-state index in [9.17, 15) is 4.79 Å². The summed E-state index contributed by atoms with van der Waals surface area (Å²) in [6, 6.07) is 11.2. The van der Waals surface area contributed by atoms with Crippen molar-refractivity contribution in [2.75, 3.05) is 5.75 Å². The molecule has 0 radical (unpaired) electrons. The lowest BCUT2D eigenvalue weighted by Gasteiger charge is -2.03. The maximum atomic E-state index is 11.9. The molecule has 2 aromatic rings. The molecule has 1 aromatic carbocycles. The van der Waals surface area contributed by atoms with Crippen molar-refractivity contribution in [1.82, 2.24) is 4.57 Å². The molecule has 4 heteroatoms. The van der Waals surface area contributed by atoms with E-state index in [1.54, 1.807) is 0 Å². The van der Waals surface area contributed by atoms with Crippen LogP contribution in [0.25, 0.3) is 0 Å². The molecule has 2 nitrogen and oxygen atoms in total. The van der Waals surface area contributed by atoms with E-state index in [1.165, 1.54) is 11.8 Å². The number of ketones is 1. The van der Waals surface area contributed by atoms with Gasteiger partial charge in [-0.25, -0.2) is 0 Å². The van der Waals surface area contributed by atoms with Crippen LogP contribution in [0.3, 0.4) is 0 Å². The number of aryl methyl sites for hydroxylation is 1. The van der Waals surface area contributed by atoms with E-state index in [-0.39, 0.29) is 5.78 Å². The second-order valence-electron chi connectivity index (χ2n) is 3.67. The Bertz CT molecular complexity index is 536. The molecule has 0 spiro atoms. The topological polar surface area (TPSA) is 22.0 Å². The number of hydrogen-bond acceptors (Lipinski definition) is 2. The monoisotopic (exact) mass is 265 g/mol. The highest BCUT2D eigenvalue weighted by molar-refractivity contribution is 8.00. The van der Waals surface area contributed by atoms with Gasteiger partial charge in [0.05, 0.1) is 11.4 Å². The van der Waals surface area contributed by atoms with Gasteiger partial charge in [-0.1, -0.05) is 17.7 Å². The lowest BCUT2D eigenvalue weighted by molar-refractivity contribution is 0.101. The number of Topliss-reactive ketones (excluding diaryl/α,β-unsaturated/α-hetero) is 1. The van der Waals surface area contributed by atoms with Crippen LogP contribution in [0.1, 0.15) is 10.5 Å². The molecule has 0 amide bonds. The molecule has 0 bridgehead atoms. The Kier molecular flexibility index (Phi) is 3.92. The van der Waals surface area contributed by atoms with Gasteiger partial charge < -0.3 is 4.57 Å². The third-order valence-corrected chi connectivity index (χ3v) is 3.62. The van der Waals surface area contributed by atoms with Crippen molar-refractivity contribution in [3.05, 3.63) is 53.3 Å². The molecule has 1 aromatic heterocycles. The van der Waals surface area contributed by atoms with Crippen LogP contribution in [-0.2, 0) is 7.05 Å². The van der Waals surface area contributed by atoms with E-state index < -0.39 is 0 Å². The van der Waals surface area contributed by atoms with Gasteiger partial charge in [-0.3, -0.25) is 4.79 Å². The van der Waals surface area contributed by atoms with Gasteiger partial charge in [-0.05, 0) is 30.3 Å². The number of hydrogen-bond donors (Lipinski definition) is 0. The van der Waals surface area contributed by atoms with Crippen LogP contribution < -0.4 is 0 Å². The number of aromatic nitrogens is 1. The molecule has 0 unspecified atom stereocenters. The Hall–Kier alpha value is -1.19. The van der Waals surface area contributed by atoms with Gasteiger partial charge in [0.2, 0.25) is 0 Å². The lowest BCUT2D eigenvalue weighted by atomic mass is 10.3. The third-order valence-electron chi connectivity index (χ3n) is 2.40. The van der Waals surface area contributed by atoms with Gasteiger partial charge in [-0.15, -0.1) is 11.8 Å². The largest absolute Gasteiger partial charge is 0.348 e. The molecule has 0 fully saturated rings. The zero-order valence-corrected chi connectivity index (χ0v) is 11.0. The van der Waals surface area contributed by atoms with E-state index in [0.29, 0.717) is 10.8 Å². The van der Waals surface area contributed by atoms with Crippen molar-refractivity contribution < 1.29 is 4.79 Å². The molecule has 0 saturated heterocycles. The van der Waals surface area contributed by atoms with E-state index in [0.717, 1.165) is 10.6 Å². The van der Waals surface area contributed by atoms with Crippen LogP contribution in [0.5, 0.6) is 0 Å². The minimum atomic E-state index is 0.127. The fourth-order valence-corrected chi connectivity index (χ4v) is 2.62. The minimum Gasteiger partial charge on any atom is -0.348 e. The summed E-state index contributed by atoms with van der Waals surface area (Å²) in [7, 11) is 1.87. The summed E-state index contributed by atoms with van der Waals surface area (Å²) in [5.74, 6) is 0.556. The van der Waals surface area contributed by atoms with Gasteiger partial charge in [-0.2, -0.15) is 0 Å². The summed E-state index contributed by atoms with van der Waals surface area (Å²) < 4.78 is 1.83.